The van der Waals surface area contributed by atoms with Crippen LogP contribution in [0.3, 0.4) is 0 Å². The first kappa shape index (κ1) is 20.3. The van der Waals surface area contributed by atoms with Gasteiger partial charge < -0.3 is 9.84 Å². The number of aliphatic carboxylic acids is 1. The number of carboxylic acid groups (broad SMARTS) is 1. The van der Waals surface area contributed by atoms with Crippen LogP contribution in [0.2, 0.25) is 10.0 Å². The van der Waals surface area contributed by atoms with Crippen LogP contribution in [0, 0.1) is 0 Å². The van der Waals surface area contributed by atoms with E-state index < -0.39 is 24.1 Å². The molecule has 0 aromatic heterocycles. The lowest BCUT2D eigenvalue weighted by atomic mass is 9.98. The van der Waals surface area contributed by atoms with Crippen molar-refractivity contribution in [3.63, 3.8) is 0 Å². The molecule has 152 valence electrons. The first-order chi connectivity index (χ1) is 14.4. The van der Waals surface area contributed by atoms with Crippen molar-refractivity contribution in [1.82, 2.24) is 4.90 Å². The summed E-state index contributed by atoms with van der Waals surface area (Å²) in [6, 6.07) is 17.8. The Morgan fingerprint density at radius 2 is 1.50 bits per heavy atom. The van der Waals surface area contributed by atoms with E-state index in [0.717, 1.165) is 22.3 Å². The van der Waals surface area contributed by atoms with Gasteiger partial charge in [-0.15, -0.1) is 0 Å². The third-order valence-electron chi connectivity index (χ3n) is 5.24. The normalized spacial score (nSPS) is 13.3. The summed E-state index contributed by atoms with van der Waals surface area (Å²) in [5.74, 6) is -1.21. The fourth-order valence-electron chi connectivity index (χ4n) is 4.00. The highest BCUT2D eigenvalue weighted by molar-refractivity contribution is 6.42. The number of carboxylic acids is 1. The second kappa shape index (κ2) is 8.01. The van der Waals surface area contributed by atoms with Crippen LogP contribution in [0.5, 0.6) is 0 Å². The van der Waals surface area contributed by atoms with Crippen LogP contribution >= 0.6 is 23.2 Å². The van der Waals surface area contributed by atoms with Crippen LogP contribution in [0.25, 0.3) is 11.1 Å². The third kappa shape index (κ3) is 3.30. The van der Waals surface area contributed by atoms with E-state index in [1.807, 2.05) is 48.5 Å². The molecule has 1 aliphatic carbocycles. The van der Waals surface area contributed by atoms with Gasteiger partial charge in [0.2, 0.25) is 0 Å². The molecular formula is C23H17Cl2NO4. The Kier molecular flexibility index (Phi) is 5.41. The number of rotatable bonds is 4. The summed E-state index contributed by atoms with van der Waals surface area (Å²) in [6.45, 7) is 0. The summed E-state index contributed by atoms with van der Waals surface area (Å²) < 4.78 is 5.03. The minimum Gasteiger partial charge on any atom is -0.479 e. The van der Waals surface area contributed by atoms with E-state index in [4.69, 9.17) is 27.9 Å². The molecule has 5 nitrogen and oxygen atoms in total. The molecule has 3 aromatic rings. The molecule has 1 amide bonds. The zero-order valence-corrected chi connectivity index (χ0v) is 17.4. The van der Waals surface area contributed by atoms with Crippen molar-refractivity contribution < 1.29 is 19.4 Å². The molecule has 0 heterocycles. The second-order valence-corrected chi connectivity index (χ2v) is 7.68. The van der Waals surface area contributed by atoms with Crippen LogP contribution in [0.15, 0.2) is 66.7 Å². The smallest absolute Gasteiger partial charge is 0.411 e. The van der Waals surface area contributed by atoms with Crippen LogP contribution in [-0.2, 0) is 9.53 Å². The van der Waals surface area contributed by atoms with E-state index in [-0.39, 0.29) is 5.02 Å². The molecule has 0 fully saturated rings. The van der Waals surface area contributed by atoms with Gasteiger partial charge in [-0.25, -0.2) is 9.59 Å². The van der Waals surface area contributed by atoms with E-state index in [1.165, 1.54) is 24.1 Å². The van der Waals surface area contributed by atoms with Crippen LogP contribution in [0.1, 0.15) is 28.8 Å². The number of halogens is 2. The van der Waals surface area contributed by atoms with Crippen molar-refractivity contribution in [2.45, 2.75) is 12.1 Å². The summed E-state index contributed by atoms with van der Waals surface area (Å²) >= 11 is 12.2. The van der Waals surface area contributed by atoms with E-state index in [9.17, 15) is 14.7 Å². The minimum absolute atomic E-state index is 0.206. The van der Waals surface area contributed by atoms with Gasteiger partial charge in [0.25, 0.3) is 0 Å². The maximum Gasteiger partial charge on any atom is 0.411 e. The average Bonchev–Trinajstić information content (AvgIpc) is 3.07. The maximum atomic E-state index is 13.0. The predicted molar refractivity (Wildman–Crippen MR) is 115 cm³/mol. The predicted octanol–water partition coefficient (Wildman–Crippen LogP) is 5.96. The fraction of sp³-hybridized carbons (Fsp3) is 0.130. The first-order valence-corrected chi connectivity index (χ1v) is 9.92. The molecule has 0 bridgehead atoms. The molecule has 0 radical (unpaired) electrons. The molecule has 0 saturated carbocycles. The average molecular weight is 442 g/mol. The summed E-state index contributed by atoms with van der Waals surface area (Å²) in [6.07, 6.45) is -0.759. The maximum absolute atomic E-state index is 13.0. The molecule has 4 rings (SSSR count). The molecule has 1 aliphatic rings. The molecular weight excluding hydrogens is 425 g/mol. The van der Waals surface area contributed by atoms with Gasteiger partial charge in [0.05, 0.1) is 23.2 Å². The van der Waals surface area contributed by atoms with Gasteiger partial charge in [-0.05, 0) is 39.9 Å². The number of nitrogens with zero attached hydrogens (tertiary/aromatic N) is 1. The molecule has 1 N–H and O–H groups in total. The molecule has 7 heteroatoms. The summed E-state index contributed by atoms with van der Waals surface area (Å²) in [5.41, 5.74) is 3.88. The summed E-state index contributed by atoms with van der Waals surface area (Å²) in [7, 11) is 1.23. The van der Waals surface area contributed by atoms with Gasteiger partial charge in [-0.3, -0.25) is 4.90 Å². The van der Waals surface area contributed by atoms with Crippen molar-refractivity contribution in [3.8, 4) is 11.1 Å². The molecule has 0 aliphatic heterocycles. The number of methoxy groups -OCH3 is 1. The summed E-state index contributed by atoms with van der Waals surface area (Å²) in [4.78, 5) is 26.6. The standard InChI is InChI=1S/C23H17Cl2NO4/c1-30-23(29)26(20(22(27)28)13-10-11-18(24)19(25)12-13)21-16-8-4-2-6-14(16)15-7-3-5-9-17(15)21/h2-12,20-21H,1H3,(H,27,28)/t20-/m0/s1. The number of amides is 1. The zero-order valence-electron chi connectivity index (χ0n) is 15.9. The zero-order chi connectivity index (χ0) is 21.4. The van der Waals surface area contributed by atoms with Gasteiger partial charge in [0, 0.05) is 0 Å². The Labute approximate surface area is 183 Å². The molecule has 0 saturated heterocycles. The molecule has 1 atom stereocenters. The Morgan fingerprint density at radius 3 is 2.00 bits per heavy atom. The number of benzene rings is 3. The number of hydrogen-bond acceptors (Lipinski definition) is 3. The van der Waals surface area contributed by atoms with Gasteiger partial charge in [-0.2, -0.15) is 0 Å². The number of carbonyl (C=O) groups excluding carboxylic acids is 1. The number of ether oxygens (including phenoxy) is 1. The van der Waals surface area contributed by atoms with Crippen molar-refractivity contribution >= 4 is 35.3 Å². The van der Waals surface area contributed by atoms with E-state index in [0.29, 0.717) is 10.6 Å². The van der Waals surface area contributed by atoms with Gasteiger partial charge in [-0.1, -0.05) is 77.8 Å². The molecule has 0 unspecified atom stereocenters. The summed E-state index contributed by atoms with van der Waals surface area (Å²) in [5, 5.41) is 10.6. The Bertz CT molecular complexity index is 1100. The quantitative estimate of drug-likeness (QED) is 0.542. The highest BCUT2D eigenvalue weighted by Crippen LogP contribution is 2.49. The lowest BCUT2D eigenvalue weighted by Crippen LogP contribution is -2.41. The second-order valence-electron chi connectivity index (χ2n) is 6.87. The molecule has 3 aromatic carbocycles. The van der Waals surface area contributed by atoms with Crippen LogP contribution in [0.4, 0.5) is 4.79 Å². The van der Waals surface area contributed by atoms with E-state index in [2.05, 4.69) is 0 Å². The van der Waals surface area contributed by atoms with Crippen LogP contribution in [-0.4, -0.2) is 29.2 Å². The van der Waals surface area contributed by atoms with E-state index in [1.54, 1.807) is 6.07 Å². The lowest BCUT2D eigenvalue weighted by molar-refractivity contribution is -0.143. The Hall–Kier alpha value is -3.02. The van der Waals surface area contributed by atoms with Gasteiger partial charge in [0.15, 0.2) is 6.04 Å². The number of fused-ring (bicyclic) bond motifs is 3. The SMILES string of the molecule is COC(=O)N(C1c2ccccc2-c2ccccc21)[C@H](C(=O)O)c1ccc(Cl)c(Cl)c1. The number of hydrogen-bond donors (Lipinski definition) is 1. The van der Waals surface area contributed by atoms with Crippen molar-refractivity contribution in [3.05, 3.63) is 93.5 Å². The monoisotopic (exact) mass is 441 g/mol. The largest absolute Gasteiger partial charge is 0.479 e. The van der Waals surface area contributed by atoms with E-state index >= 15 is 0 Å². The minimum atomic E-state index is -1.34. The van der Waals surface area contributed by atoms with Crippen molar-refractivity contribution in [2.24, 2.45) is 0 Å². The van der Waals surface area contributed by atoms with Gasteiger partial charge in [0.1, 0.15) is 0 Å². The topological polar surface area (TPSA) is 66.8 Å². The highest BCUT2D eigenvalue weighted by Gasteiger charge is 2.43. The Balaban J connectivity index is 1.94. The highest BCUT2D eigenvalue weighted by atomic mass is 35.5. The fourth-order valence-corrected chi connectivity index (χ4v) is 4.31. The Morgan fingerprint density at radius 1 is 0.933 bits per heavy atom. The van der Waals surface area contributed by atoms with Crippen LogP contribution < -0.4 is 0 Å². The lowest BCUT2D eigenvalue weighted by Gasteiger charge is -2.34. The molecule has 0 spiro atoms. The van der Waals surface area contributed by atoms with Gasteiger partial charge >= 0.3 is 12.1 Å². The van der Waals surface area contributed by atoms with Crippen molar-refractivity contribution in [1.29, 1.82) is 0 Å². The molecule has 30 heavy (non-hydrogen) atoms. The van der Waals surface area contributed by atoms with Crippen molar-refractivity contribution in [2.75, 3.05) is 7.11 Å². The third-order valence-corrected chi connectivity index (χ3v) is 5.98. The first-order valence-electron chi connectivity index (χ1n) is 9.16. The number of carbonyl (C=O) groups is 2.